The lowest BCUT2D eigenvalue weighted by Crippen LogP contribution is -2.29. The Bertz CT molecular complexity index is 261. The lowest BCUT2D eigenvalue weighted by molar-refractivity contribution is 0.455. The van der Waals surface area contributed by atoms with Crippen molar-refractivity contribution in [3.05, 3.63) is 18.2 Å². The van der Waals surface area contributed by atoms with Gasteiger partial charge in [0.1, 0.15) is 5.82 Å². The van der Waals surface area contributed by atoms with E-state index in [-0.39, 0.29) is 0 Å². The molecule has 1 aromatic rings. The van der Waals surface area contributed by atoms with Crippen LogP contribution in [0, 0.1) is 0 Å². The van der Waals surface area contributed by atoms with Gasteiger partial charge in [-0.3, -0.25) is 0 Å². The van der Waals surface area contributed by atoms with Crippen LogP contribution in [0.5, 0.6) is 0 Å². The normalized spacial score (nSPS) is 18.5. The molecule has 1 heterocycles. The number of nitrogens with one attached hydrogen (secondary N) is 2. The summed E-state index contributed by atoms with van der Waals surface area (Å²) in [7, 11) is 0. The third-order valence-electron chi connectivity index (χ3n) is 3.43. The maximum atomic E-state index is 4.23. The Kier molecular flexibility index (Phi) is 4.87. The van der Waals surface area contributed by atoms with Gasteiger partial charge < -0.3 is 10.3 Å². The van der Waals surface area contributed by atoms with Gasteiger partial charge in [-0.1, -0.05) is 25.7 Å². The third-order valence-corrected chi connectivity index (χ3v) is 3.43. The fourth-order valence-corrected chi connectivity index (χ4v) is 2.48. The molecule has 3 heteroatoms. The number of hydrogen-bond acceptors (Lipinski definition) is 2. The Morgan fingerprint density at radius 3 is 2.75 bits per heavy atom. The first kappa shape index (κ1) is 11.6. The van der Waals surface area contributed by atoms with Crippen molar-refractivity contribution >= 4 is 0 Å². The Morgan fingerprint density at radius 2 is 2.06 bits per heavy atom. The summed E-state index contributed by atoms with van der Waals surface area (Å²) >= 11 is 0. The van der Waals surface area contributed by atoms with Gasteiger partial charge in [0, 0.05) is 24.9 Å². The number of aromatic nitrogens is 2. The zero-order valence-electron chi connectivity index (χ0n) is 10.0. The van der Waals surface area contributed by atoms with E-state index in [1.54, 1.807) is 0 Å². The van der Waals surface area contributed by atoms with Crippen LogP contribution in [0.1, 0.15) is 50.8 Å². The number of hydrogen-bond donors (Lipinski definition) is 2. The number of imidazole rings is 1. The molecule has 2 rings (SSSR count). The molecular weight excluding hydrogens is 198 g/mol. The molecule has 0 amide bonds. The fraction of sp³-hybridized carbons (Fsp3) is 0.769. The lowest BCUT2D eigenvalue weighted by atomic mass is 10.1. The van der Waals surface area contributed by atoms with Crippen LogP contribution in [-0.2, 0) is 6.42 Å². The minimum atomic E-state index is 0.777. The average Bonchev–Trinajstić information content (AvgIpc) is 2.68. The predicted octanol–water partition coefficient (Wildman–Crippen LogP) is 2.65. The highest BCUT2D eigenvalue weighted by molar-refractivity contribution is 4.86. The Morgan fingerprint density at radius 1 is 1.25 bits per heavy atom. The summed E-state index contributed by atoms with van der Waals surface area (Å²) < 4.78 is 0. The highest BCUT2D eigenvalue weighted by atomic mass is 14.9. The van der Waals surface area contributed by atoms with Gasteiger partial charge in [-0.2, -0.15) is 0 Å². The van der Waals surface area contributed by atoms with E-state index in [1.165, 1.54) is 44.9 Å². The summed E-state index contributed by atoms with van der Waals surface area (Å²) in [5.74, 6) is 1.11. The minimum absolute atomic E-state index is 0.777. The molecule has 1 aliphatic rings. The minimum Gasteiger partial charge on any atom is -0.349 e. The molecule has 1 aromatic heterocycles. The standard InChI is InChI=1S/C13H23N3/c1-2-4-7-12(6-3-1)14-9-5-8-13-15-10-11-16-13/h10-12,14H,1-9H2,(H,15,16). The van der Waals surface area contributed by atoms with E-state index in [0.29, 0.717) is 0 Å². The largest absolute Gasteiger partial charge is 0.349 e. The first-order valence-corrected chi connectivity index (χ1v) is 6.67. The molecule has 16 heavy (non-hydrogen) atoms. The molecule has 1 fully saturated rings. The molecule has 2 N–H and O–H groups in total. The number of rotatable bonds is 5. The second-order valence-corrected chi connectivity index (χ2v) is 4.78. The topological polar surface area (TPSA) is 40.7 Å². The Labute approximate surface area is 98.1 Å². The van der Waals surface area contributed by atoms with Crippen LogP contribution in [0.4, 0.5) is 0 Å². The first-order valence-electron chi connectivity index (χ1n) is 6.67. The van der Waals surface area contributed by atoms with E-state index < -0.39 is 0 Å². The van der Waals surface area contributed by atoms with Crippen molar-refractivity contribution in [2.45, 2.75) is 57.4 Å². The van der Waals surface area contributed by atoms with Crippen molar-refractivity contribution in [2.24, 2.45) is 0 Å². The number of aryl methyl sites for hydroxylation is 1. The van der Waals surface area contributed by atoms with Crippen LogP contribution in [0.2, 0.25) is 0 Å². The summed E-state index contributed by atoms with van der Waals surface area (Å²) in [6.45, 7) is 1.13. The molecule has 1 saturated carbocycles. The molecule has 1 aliphatic carbocycles. The predicted molar refractivity (Wildman–Crippen MR) is 66.4 cm³/mol. The molecule has 0 bridgehead atoms. The van der Waals surface area contributed by atoms with E-state index >= 15 is 0 Å². The van der Waals surface area contributed by atoms with Crippen LogP contribution in [0.3, 0.4) is 0 Å². The SMILES string of the molecule is c1c[nH]c(CCCNC2CCCCCC2)n1. The van der Waals surface area contributed by atoms with E-state index in [0.717, 1.165) is 24.8 Å². The molecule has 90 valence electrons. The van der Waals surface area contributed by atoms with E-state index in [1.807, 2.05) is 12.4 Å². The lowest BCUT2D eigenvalue weighted by Gasteiger charge is -2.15. The molecule has 0 aliphatic heterocycles. The van der Waals surface area contributed by atoms with Crippen LogP contribution >= 0.6 is 0 Å². The molecule has 0 radical (unpaired) electrons. The van der Waals surface area contributed by atoms with Gasteiger partial charge in [-0.05, 0) is 25.8 Å². The molecule has 3 nitrogen and oxygen atoms in total. The van der Waals surface area contributed by atoms with Gasteiger partial charge in [0.05, 0.1) is 0 Å². The molecular formula is C13H23N3. The van der Waals surface area contributed by atoms with Crippen LogP contribution in [0.25, 0.3) is 0 Å². The number of aromatic amines is 1. The number of nitrogens with zero attached hydrogens (tertiary/aromatic N) is 1. The monoisotopic (exact) mass is 221 g/mol. The maximum absolute atomic E-state index is 4.23. The molecule has 0 aromatic carbocycles. The summed E-state index contributed by atoms with van der Waals surface area (Å²) in [6.07, 6.45) is 14.4. The second-order valence-electron chi connectivity index (χ2n) is 4.78. The van der Waals surface area contributed by atoms with Gasteiger partial charge in [0.25, 0.3) is 0 Å². The summed E-state index contributed by atoms with van der Waals surface area (Å²) in [5, 5.41) is 3.68. The Balaban J connectivity index is 1.56. The van der Waals surface area contributed by atoms with Gasteiger partial charge >= 0.3 is 0 Å². The summed E-state index contributed by atoms with van der Waals surface area (Å²) in [4.78, 5) is 7.38. The van der Waals surface area contributed by atoms with Crippen molar-refractivity contribution in [3.8, 4) is 0 Å². The summed E-state index contributed by atoms with van der Waals surface area (Å²) in [6, 6.07) is 0.777. The molecule has 0 atom stereocenters. The van der Waals surface area contributed by atoms with Gasteiger partial charge in [0.2, 0.25) is 0 Å². The summed E-state index contributed by atoms with van der Waals surface area (Å²) in [5.41, 5.74) is 0. The number of H-pyrrole nitrogens is 1. The van der Waals surface area contributed by atoms with Crippen molar-refractivity contribution in [1.82, 2.24) is 15.3 Å². The zero-order valence-corrected chi connectivity index (χ0v) is 10.0. The first-order chi connectivity index (χ1) is 7.95. The van der Waals surface area contributed by atoms with E-state index in [4.69, 9.17) is 0 Å². The van der Waals surface area contributed by atoms with Crippen molar-refractivity contribution in [2.75, 3.05) is 6.54 Å². The molecule has 0 saturated heterocycles. The molecule has 0 unspecified atom stereocenters. The third kappa shape index (κ3) is 3.97. The second kappa shape index (κ2) is 6.69. The van der Waals surface area contributed by atoms with Crippen LogP contribution in [-0.4, -0.2) is 22.6 Å². The smallest absolute Gasteiger partial charge is 0.106 e. The highest BCUT2D eigenvalue weighted by Gasteiger charge is 2.10. The van der Waals surface area contributed by atoms with Crippen LogP contribution in [0.15, 0.2) is 12.4 Å². The maximum Gasteiger partial charge on any atom is 0.106 e. The van der Waals surface area contributed by atoms with E-state index in [9.17, 15) is 0 Å². The van der Waals surface area contributed by atoms with E-state index in [2.05, 4.69) is 15.3 Å². The van der Waals surface area contributed by atoms with Gasteiger partial charge in [-0.25, -0.2) is 4.98 Å². The fourth-order valence-electron chi connectivity index (χ4n) is 2.48. The highest BCUT2D eigenvalue weighted by Crippen LogP contribution is 2.17. The van der Waals surface area contributed by atoms with Crippen LogP contribution < -0.4 is 5.32 Å². The average molecular weight is 221 g/mol. The Hall–Kier alpha value is -0.830. The van der Waals surface area contributed by atoms with Gasteiger partial charge in [-0.15, -0.1) is 0 Å². The van der Waals surface area contributed by atoms with Crippen molar-refractivity contribution < 1.29 is 0 Å². The zero-order chi connectivity index (χ0) is 11.1. The van der Waals surface area contributed by atoms with Crippen molar-refractivity contribution in [3.63, 3.8) is 0 Å². The van der Waals surface area contributed by atoms with Gasteiger partial charge in [0.15, 0.2) is 0 Å². The van der Waals surface area contributed by atoms with Crippen molar-refractivity contribution in [1.29, 1.82) is 0 Å². The molecule has 0 spiro atoms. The quantitative estimate of drug-likeness (QED) is 0.593.